The van der Waals surface area contributed by atoms with Crippen molar-refractivity contribution in [1.82, 2.24) is 10.3 Å². The molecule has 1 aliphatic rings. The zero-order chi connectivity index (χ0) is 21.3. The summed E-state index contributed by atoms with van der Waals surface area (Å²) in [4.78, 5) is 19.9. The van der Waals surface area contributed by atoms with Crippen LogP contribution in [0.4, 0.5) is 11.5 Å². The molecule has 0 unspecified atom stereocenters. The fourth-order valence-corrected chi connectivity index (χ4v) is 5.41. The van der Waals surface area contributed by atoms with Crippen molar-refractivity contribution < 1.29 is 4.79 Å². The van der Waals surface area contributed by atoms with Gasteiger partial charge in [-0.15, -0.1) is 11.3 Å². The molecule has 3 heterocycles. The molecule has 4 rings (SSSR count). The maximum absolute atomic E-state index is 11.7. The van der Waals surface area contributed by atoms with Crippen LogP contribution in [0.2, 0.25) is 0 Å². The number of hydrogen-bond acceptors (Lipinski definition) is 6. The van der Waals surface area contributed by atoms with Crippen molar-refractivity contribution >= 4 is 50.1 Å². The lowest BCUT2D eigenvalue weighted by atomic mass is 9.87. The van der Waals surface area contributed by atoms with Crippen LogP contribution in [0.3, 0.4) is 0 Å². The van der Waals surface area contributed by atoms with E-state index in [4.69, 9.17) is 4.98 Å². The molecule has 6 heteroatoms. The first kappa shape index (κ1) is 21.1. The van der Waals surface area contributed by atoms with E-state index in [1.165, 1.54) is 12.8 Å². The van der Waals surface area contributed by atoms with Gasteiger partial charge in [0.2, 0.25) is 0 Å². The van der Waals surface area contributed by atoms with Crippen LogP contribution >= 0.6 is 11.3 Å². The van der Waals surface area contributed by atoms with Crippen LogP contribution in [-0.2, 0) is 0 Å². The van der Waals surface area contributed by atoms with Gasteiger partial charge in [-0.05, 0) is 62.9 Å². The summed E-state index contributed by atoms with van der Waals surface area (Å²) >= 11 is 1.54. The molecule has 1 aromatic carbocycles. The lowest BCUT2D eigenvalue weighted by molar-refractivity contribution is 0.112. The van der Waals surface area contributed by atoms with Crippen LogP contribution in [0, 0.1) is 11.8 Å². The summed E-state index contributed by atoms with van der Waals surface area (Å²) in [6, 6.07) is 8.84. The molecule has 30 heavy (non-hydrogen) atoms. The minimum absolute atomic E-state index is 0.313. The van der Waals surface area contributed by atoms with E-state index in [1.807, 2.05) is 7.05 Å². The van der Waals surface area contributed by atoms with Crippen LogP contribution in [-0.4, -0.2) is 44.0 Å². The molecule has 3 aromatic rings. The number of carbonyl (C=O) groups is 1. The number of anilines is 2. The molecule has 2 N–H and O–H groups in total. The molecule has 0 radical (unpaired) electrons. The Hall–Kier alpha value is -2.18. The van der Waals surface area contributed by atoms with E-state index in [0.29, 0.717) is 6.04 Å². The van der Waals surface area contributed by atoms with Crippen LogP contribution in [0.15, 0.2) is 24.3 Å². The number of thiophene rings is 1. The summed E-state index contributed by atoms with van der Waals surface area (Å²) in [6.07, 6.45) is 3.44. The molecular formula is C24H32N4OS. The van der Waals surface area contributed by atoms with Crippen molar-refractivity contribution in [3.8, 4) is 0 Å². The summed E-state index contributed by atoms with van der Waals surface area (Å²) in [6.45, 7) is 9.69. The van der Waals surface area contributed by atoms with Gasteiger partial charge < -0.3 is 15.5 Å². The minimum atomic E-state index is 0.313. The van der Waals surface area contributed by atoms with E-state index in [9.17, 15) is 4.79 Å². The number of aldehydes is 1. The quantitative estimate of drug-likeness (QED) is 0.514. The fourth-order valence-electron chi connectivity index (χ4n) is 4.40. The number of nitrogens with one attached hydrogen (secondary N) is 2. The number of hydrogen-bond donors (Lipinski definition) is 2. The highest BCUT2D eigenvalue weighted by Crippen LogP contribution is 2.40. The Labute approximate surface area is 182 Å². The standard InChI is InChI=1S/C24H32N4OS/c1-15(2)17-9-11-28(12-10-17)22-8-5-18-19(27-22)6-7-20-23(18)24(21(14-29)30-20)26-13-16(3)25-4/h5-8,14-17,25-26H,9-13H2,1-4H3/t16-/m1/s1. The fraction of sp³-hybridized carbons (Fsp3) is 0.500. The van der Waals surface area contributed by atoms with Gasteiger partial charge in [0.1, 0.15) is 5.82 Å². The first-order valence-electron chi connectivity index (χ1n) is 11.0. The Morgan fingerprint density at radius 1 is 1.20 bits per heavy atom. The minimum Gasteiger partial charge on any atom is -0.382 e. The highest BCUT2D eigenvalue weighted by molar-refractivity contribution is 7.21. The molecule has 0 saturated carbocycles. The predicted octanol–water partition coefficient (Wildman–Crippen LogP) is 5.15. The van der Waals surface area contributed by atoms with Crippen molar-refractivity contribution in [3.63, 3.8) is 0 Å². The van der Waals surface area contributed by atoms with Crippen molar-refractivity contribution in [2.24, 2.45) is 11.8 Å². The monoisotopic (exact) mass is 424 g/mol. The maximum atomic E-state index is 11.7. The highest BCUT2D eigenvalue weighted by Gasteiger charge is 2.23. The third kappa shape index (κ3) is 4.03. The Morgan fingerprint density at radius 3 is 2.63 bits per heavy atom. The topological polar surface area (TPSA) is 57.3 Å². The van der Waals surface area contributed by atoms with E-state index < -0.39 is 0 Å². The van der Waals surface area contributed by atoms with Gasteiger partial charge >= 0.3 is 0 Å². The van der Waals surface area contributed by atoms with E-state index >= 15 is 0 Å². The highest BCUT2D eigenvalue weighted by atomic mass is 32.1. The Morgan fingerprint density at radius 2 is 1.97 bits per heavy atom. The van der Waals surface area contributed by atoms with Gasteiger partial charge in [-0.3, -0.25) is 4.79 Å². The number of nitrogens with zero attached hydrogens (tertiary/aromatic N) is 2. The number of likely N-dealkylation sites (N-methyl/N-ethyl adjacent to an activating group) is 1. The molecule has 1 aliphatic heterocycles. The van der Waals surface area contributed by atoms with Gasteiger partial charge in [0.25, 0.3) is 0 Å². The van der Waals surface area contributed by atoms with E-state index in [-0.39, 0.29) is 0 Å². The molecule has 0 aliphatic carbocycles. The Bertz CT molecular complexity index is 1040. The van der Waals surface area contributed by atoms with Crippen molar-refractivity contribution in [3.05, 3.63) is 29.1 Å². The van der Waals surface area contributed by atoms with E-state index in [1.54, 1.807) is 11.3 Å². The third-order valence-corrected chi connectivity index (χ3v) is 7.61. The van der Waals surface area contributed by atoms with Crippen LogP contribution in [0.1, 0.15) is 43.3 Å². The van der Waals surface area contributed by atoms with E-state index in [0.717, 1.165) is 75.1 Å². The maximum Gasteiger partial charge on any atom is 0.162 e. The average Bonchev–Trinajstić information content (AvgIpc) is 3.15. The molecule has 0 amide bonds. The van der Waals surface area contributed by atoms with Crippen LogP contribution < -0.4 is 15.5 Å². The summed E-state index contributed by atoms with van der Waals surface area (Å²) in [5, 5.41) is 8.96. The van der Waals surface area contributed by atoms with E-state index in [2.05, 4.69) is 60.6 Å². The number of rotatable bonds is 7. The van der Waals surface area contributed by atoms with Gasteiger partial charge in [-0.2, -0.15) is 0 Å². The second-order valence-electron chi connectivity index (χ2n) is 8.77. The Balaban J connectivity index is 1.68. The Kier molecular flexibility index (Phi) is 6.25. The van der Waals surface area contributed by atoms with Gasteiger partial charge in [-0.1, -0.05) is 13.8 Å². The molecule has 1 atom stereocenters. The van der Waals surface area contributed by atoms with Crippen molar-refractivity contribution in [2.75, 3.05) is 36.9 Å². The summed E-state index contributed by atoms with van der Waals surface area (Å²) < 4.78 is 1.12. The summed E-state index contributed by atoms with van der Waals surface area (Å²) in [7, 11) is 1.95. The number of piperidine rings is 1. The molecule has 1 fully saturated rings. The zero-order valence-corrected chi connectivity index (χ0v) is 19.2. The number of carbonyl (C=O) groups excluding carboxylic acids is 1. The molecule has 0 spiro atoms. The second-order valence-corrected chi connectivity index (χ2v) is 9.86. The summed E-state index contributed by atoms with van der Waals surface area (Å²) in [5.74, 6) is 2.64. The van der Waals surface area contributed by atoms with Gasteiger partial charge in [-0.25, -0.2) is 4.98 Å². The van der Waals surface area contributed by atoms with Crippen molar-refractivity contribution in [2.45, 2.75) is 39.7 Å². The zero-order valence-electron chi connectivity index (χ0n) is 18.4. The van der Waals surface area contributed by atoms with Gasteiger partial charge in [0.05, 0.1) is 16.1 Å². The third-order valence-electron chi connectivity index (χ3n) is 6.53. The van der Waals surface area contributed by atoms with Gasteiger partial charge in [0.15, 0.2) is 6.29 Å². The van der Waals surface area contributed by atoms with Crippen molar-refractivity contribution in [1.29, 1.82) is 0 Å². The smallest absolute Gasteiger partial charge is 0.162 e. The number of benzene rings is 1. The normalized spacial score (nSPS) is 16.5. The molecule has 2 aromatic heterocycles. The summed E-state index contributed by atoms with van der Waals surface area (Å²) in [5.41, 5.74) is 1.93. The van der Waals surface area contributed by atoms with Crippen LogP contribution in [0.5, 0.6) is 0 Å². The van der Waals surface area contributed by atoms with Gasteiger partial charge in [0, 0.05) is 41.1 Å². The first-order valence-corrected chi connectivity index (χ1v) is 11.8. The largest absolute Gasteiger partial charge is 0.382 e. The molecule has 0 bridgehead atoms. The predicted molar refractivity (Wildman–Crippen MR) is 129 cm³/mol. The lowest BCUT2D eigenvalue weighted by Crippen LogP contribution is -2.35. The molecule has 1 saturated heterocycles. The number of pyridine rings is 1. The average molecular weight is 425 g/mol. The SMILES string of the molecule is CN[C@H](C)CNc1c(C=O)sc2ccc3nc(N4CCC(C(C)C)CC4)ccc3c12. The molecular weight excluding hydrogens is 392 g/mol. The number of fused-ring (bicyclic) bond motifs is 3. The first-order chi connectivity index (χ1) is 14.5. The second kappa shape index (κ2) is 8.90. The molecule has 160 valence electrons. The lowest BCUT2D eigenvalue weighted by Gasteiger charge is -2.34. The number of aromatic nitrogens is 1. The molecule has 5 nitrogen and oxygen atoms in total. The van der Waals surface area contributed by atoms with Crippen LogP contribution in [0.25, 0.3) is 21.0 Å².